The van der Waals surface area contributed by atoms with Crippen LogP contribution < -0.4 is 20.2 Å². The van der Waals surface area contributed by atoms with E-state index in [-0.39, 0.29) is 18.1 Å². The van der Waals surface area contributed by atoms with Crippen LogP contribution in [-0.2, 0) is 6.54 Å². The van der Waals surface area contributed by atoms with E-state index < -0.39 is 0 Å². The van der Waals surface area contributed by atoms with E-state index in [4.69, 9.17) is 9.47 Å². The molecule has 0 saturated heterocycles. The molecule has 0 radical (unpaired) electrons. The minimum absolute atomic E-state index is 0.0624. The minimum atomic E-state index is -0.326. The molecular weight excluding hydrogens is 406 g/mol. The van der Waals surface area contributed by atoms with Gasteiger partial charge in [-0.3, -0.25) is 4.79 Å². The SMILES string of the molecule is CCC(C)Oc1cc(/C=N/NC(=O)c2cnn3c2NC(c2ccccc2)C3)ccc1OC. The van der Waals surface area contributed by atoms with Crippen molar-refractivity contribution < 1.29 is 14.3 Å². The highest BCUT2D eigenvalue weighted by Gasteiger charge is 2.27. The van der Waals surface area contributed by atoms with Gasteiger partial charge in [-0.25, -0.2) is 10.1 Å². The van der Waals surface area contributed by atoms with Crippen molar-refractivity contribution in [2.75, 3.05) is 12.4 Å². The molecule has 1 aromatic heterocycles. The first-order valence-corrected chi connectivity index (χ1v) is 10.6. The van der Waals surface area contributed by atoms with Gasteiger partial charge in [0, 0.05) is 0 Å². The number of hydrogen-bond donors (Lipinski definition) is 2. The third-order valence-electron chi connectivity index (χ3n) is 5.42. The van der Waals surface area contributed by atoms with Crippen molar-refractivity contribution in [3.05, 3.63) is 71.4 Å². The van der Waals surface area contributed by atoms with Crippen LogP contribution in [0.4, 0.5) is 5.82 Å². The van der Waals surface area contributed by atoms with Crippen molar-refractivity contribution in [2.45, 2.75) is 39.0 Å². The summed E-state index contributed by atoms with van der Waals surface area (Å²) in [5, 5.41) is 11.8. The van der Waals surface area contributed by atoms with Gasteiger partial charge < -0.3 is 14.8 Å². The van der Waals surface area contributed by atoms with Gasteiger partial charge in [0.15, 0.2) is 11.5 Å². The van der Waals surface area contributed by atoms with Gasteiger partial charge in [-0.2, -0.15) is 10.2 Å². The van der Waals surface area contributed by atoms with Crippen molar-refractivity contribution in [2.24, 2.45) is 5.10 Å². The molecule has 0 spiro atoms. The normalized spacial score (nSPS) is 15.8. The largest absolute Gasteiger partial charge is 0.493 e. The van der Waals surface area contributed by atoms with E-state index in [0.29, 0.717) is 29.4 Å². The van der Waals surface area contributed by atoms with Gasteiger partial charge in [0.2, 0.25) is 0 Å². The van der Waals surface area contributed by atoms with Crippen LogP contribution in [0.5, 0.6) is 11.5 Å². The fourth-order valence-electron chi connectivity index (χ4n) is 3.49. The summed E-state index contributed by atoms with van der Waals surface area (Å²) in [6.45, 7) is 4.73. The Morgan fingerprint density at radius 2 is 2.12 bits per heavy atom. The summed E-state index contributed by atoms with van der Waals surface area (Å²) < 4.78 is 13.1. The zero-order chi connectivity index (χ0) is 22.5. The molecule has 2 aromatic carbocycles. The molecule has 0 saturated carbocycles. The van der Waals surface area contributed by atoms with Crippen LogP contribution in [0.3, 0.4) is 0 Å². The first-order valence-electron chi connectivity index (χ1n) is 10.6. The lowest BCUT2D eigenvalue weighted by Crippen LogP contribution is -2.18. The Hall–Kier alpha value is -3.81. The Balaban J connectivity index is 1.42. The number of carbonyl (C=O) groups excluding carboxylic acids is 1. The number of rotatable bonds is 8. The zero-order valence-corrected chi connectivity index (χ0v) is 18.4. The number of hydrazone groups is 1. The number of benzene rings is 2. The molecular formula is C24H27N5O3. The molecule has 1 amide bonds. The van der Waals surface area contributed by atoms with E-state index >= 15 is 0 Å². The summed E-state index contributed by atoms with van der Waals surface area (Å²) in [6.07, 6.45) is 4.07. The molecule has 8 nitrogen and oxygen atoms in total. The Kier molecular flexibility index (Phi) is 6.39. The van der Waals surface area contributed by atoms with Gasteiger partial charge in [0.1, 0.15) is 11.4 Å². The summed E-state index contributed by atoms with van der Waals surface area (Å²) in [6, 6.07) is 15.7. The van der Waals surface area contributed by atoms with Gasteiger partial charge in [-0.05, 0) is 42.7 Å². The topological polar surface area (TPSA) is 89.8 Å². The van der Waals surface area contributed by atoms with Crippen LogP contribution >= 0.6 is 0 Å². The fourth-order valence-corrected chi connectivity index (χ4v) is 3.49. The molecule has 0 fully saturated rings. The quantitative estimate of drug-likeness (QED) is 0.414. The molecule has 2 atom stereocenters. The lowest BCUT2D eigenvalue weighted by Gasteiger charge is -2.15. The number of fused-ring (bicyclic) bond motifs is 1. The van der Waals surface area contributed by atoms with Crippen LogP contribution in [0.25, 0.3) is 0 Å². The molecule has 0 aliphatic carbocycles. The van der Waals surface area contributed by atoms with Crippen molar-refractivity contribution in [1.29, 1.82) is 0 Å². The number of amides is 1. The van der Waals surface area contributed by atoms with Gasteiger partial charge >= 0.3 is 0 Å². The van der Waals surface area contributed by atoms with Crippen LogP contribution in [0.15, 0.2) is 59.8 Å². The molecule has 2 N–H and O–H groups in total. The number of carbonyl (C=O) groups is 1. The number of nitrogens with one attached hydrogen (secondary N) is 2. The van der Waals surface area contributed by atoms with Crippen LogP contribution in [0, 0.1) is 0 Å². The van der Waals surface area contributed by atoms with Crippen molar-refractivity contribution >= 4 is 17.9 Å². The van der Waals surface area contributed by atoms with E-state index in [1.54, 1.807) is 24.2 Å². The van der Waals surface area contributed by atoms with Gasteiger partial charge in [0.25, 0.3) is 5.91 Å². The van der Waals surface area contributed by atoms with E-state index in [0.717, 1.165) is 17.5 Å². The Morgan fingerprint density at radius 1 is 1.31 bits per heavy atom. The Morgan fingerprint density at radius 3 is 2.88 bits per heavy atom. The highest BCUT2D eigenvalue weighted by atomic mass is 16.5. The standard InChI is InChI=1S/C24H27N5O3/c1-4-16(2)32-22-12-17(10-11-21(22)31-3)13-25-28-24(30)19-14-26-29-15-20(27-23(19)29)18-8-6-5-7-9-18/h5-14,16,20,27H,4,15H2,1-3H3,(H,28,30)/b25-13+. The molecule has 2 unspecified atom stereocenters. The second-order valence-corrected chi connectivity index (χ2v) is 7.64. The lowest BCUT2D eigenvalue weighted by molar-refractivity contribution is 0.0956. The van der Waals surface area contributed by atoms with Gasteiger partial charge in [-0.1, -0.05) is 37.3 Å². The molecule has 1 aliphatic heterocycles. The number of methoxy groups -OCH3 is 1. The number of aromatic nitrogens is 2. The first-order chi connectivity index (χ1) is 15.6. The average Bonchev–Trinajstić information content (AvgIpc) is 3.41. The highest BCUT2D eigenvalue weighted by molar-refractivity contribution is 5.99. The van der Waals surface area contributed by atoms with E-state index in [1.165, 1.54) is 0 Å². The summed E-state index contributed by atoms with van der Waals surface area (Å²) in [7, 11) is 1.60. The Bertz CT molecular complexity index is 1110. The predicted octanol–water partition coefficient (Wildman–Crippen LogP) is 4.00. The zero-order valence-electron chi connectivity index (χ0n) is 18.4. The number of hydrogen-bond acceptors (Lipinski definition) is 6. The maximum Gasteiger partial charge on any atom is 0.276 e. The summed E-state index contributed by atoms with van der Waals surface area (Å²) >= 11 is 0. The number of ether oxygens (including phenoxy) is 2. The molecule has 0 bridgehead atoms. The smallest absolute Gasteiger partial charge is 0.276 e. The predicted molar refractivity (Wildman–Crippen MR) is 123 cm³/mol. The maximum atomic E-state index is 12.7. The summed E-state index contributed by atoms with van der Waals surface area (Å²) in [4.78, 5) is 12.7. The summed E-state index contributed by atoms with van der Waals surface area (Å²) in [5.41, 5.74) is 4.97. The molecule has 3 aromatic rings. The number of anilines is 1. The molecule has 2 heterocycles. The van der Waals surface area contributed by atoms with Crippen LogP contribution in [-0.4, -0.2) is 35.1 Å². The number of nitrogens with zero attached hydrogens (tertiary/aromatic N) is 3. The highest BCUT2D eigenvalue weighted by Crippen LogP contribution is 2.31. The first kappa shape index (κ1) is 21.4. The average molecular weight is 434 g/mol. The molecule has 8 heteroatoms. The molecule has 1 aliphatic rings. The fraction of sp³-hybridized carbons (Fsp3) is 0.292. The lowest BCUT2D eigenvalue weighted by atomic mass is 10.1. The van der Waals surface area contributed by atoms with E-state index in [2.05, 4.69) is 40.0 Å². The van der Waals surface area contributed by atoms with Crippen LogP contribution in [0.2, 0.25) is 0 Å². The van der Waals surface area contributed by atoms with Crippen molar-refractivity contribution in [1.82, 2.24) is 15.2 Å². The molecule has 166 valence electrons. The monoisotopic (exact) mass is 433 g/mol. The second-order valence-electron chi connectivity index (χ2n) is 7.64. The van der Waals surface area contributed by atoms with E-state index in [1.807, 2.05) is 43.3 Å². The van der Waals surface area contributed by atoms with Crippen molar-refractivity contribution in [3.8, 4) is 11.5 Å². The summed E-state index contributed by atoms with van der Waals surface area (Å²) in [5.74, 6) is 1.66. The maximum absolute atomic E-state index is 12.7. The third kappa shape index (κ3) is 4.59. The van der Waals surface area contributed by atoms with Crippen molar-refractivity contribution in [3.63, 3.8) is 0 Å². The van der Waals surface area contributed by atoms with E-state index in [9.17, 15) is 4.79 Å². The molecule has 4 rings (SSSR count). The Labute approximate surface area is 187 Å². The second kappa shape index (κ2) is 9.55. The van der Waals surface area contributed by atoms with Crippen LogP contribution in [0.1, 0.15) is 47.8 Å². The van der Waals surface area contributed by atoms with Gasteiger partial charge in [-0.15, -0.1) is 0 Å². The van der Waals surface area contributed by atoms with Gasteiger partial charge in [0.05, 0.1) is 38.2 Å². The third-order valence-corrected chi connectivity index (χ3v) is 5.42. The minimum Gasteiger partial charge on any atom is -0.493 e. The molecule has 32 heavy (non-hydrogen) atoms.